The molecular weight excluding hydrogens is 300 g/mol. The van der Waals surface area contributed by atoms with Crippen molar-refractivity contribution in [2.75, 3.05) is 6.54 Å². The van der Waals surface area contributed by atoms with Gasteiger partial charge in [-0.15, -0.1) is 0 Å². The summed E-state index contributed by atoms with van der Waals surface area (Å²) in [5.74, 6) is -0.399. The van der Waals surface area contributed by atoms with E-state index in [9.17, 15) is 20.0 Å². The van der Waals surface area contributed by atoms with Crippen LogP contribution in [0.2, 0.25) is 0 Å². The Labute approximate surface area is 132 Å². The number of aliphatic hydroxyl groups is 1. The van der Waals surface area contributed by atoms with Gasteiger partial charge in [0.25, 0.3) is 11.6 Å². The molecule has 0 saturated carbocycles. The zero-order chi connectivity index (χ0) is 16.8. The molecule has 0 aliphatic carbocycles. The second-order valence-electron chi connectivity index (χ2n) is 5.08. The highest BCUT2D eigenvalue weighted by molar-refractivity contribution is 5.92. The van der Waals surface area contributed by atoms with Gasteiger partial charge in [-0.1, -0.05) is 19.4 Å². The molecule has 0 radical (unpaired) electrons. The van der Waals surface area contributed by atoms with Gasteiger partial charge in [-0.05, 0) is 18.6 Å². The van der Waals surface area contributed by atoms with Crippen LogP contribution in [0.15, 0.2) is 36.5 Å². The Morgan fingerprint density at radius 3 is 2.96 bits per heavy atom. The fourth-order valence-electron chi connectivity index (χ4n) is 2.07. The third kappa shape index (κ3) is 4.36. The van der Waals surface area contributed by atoms with E-state index in [1.54, 1.807) is 18.3 Å². The Bertz CT molecular complexity index is 698. The lowest BCUT2D eigenvalue weighted by Gasteiger charge is -2.09. The van der Waals surface area contributed by atoms with Gasteiger partial charge in [0, 0.05) is 24.9 Å². The number of aromatic nitrogens is 2. The average molecular weight is 318 g/mol. The van der Waals surface area contributed by atoms with Crippen molar-refractivity contribution in [3.05, 3.63) is 52.3 Å². The molecule has 0 spiro atoms. The first kappa shape index (κ1) is 16.6. The van der Waals surface area contributed by atoms with Gasteiger partial charge in [0.15, 0.2) is 5.69 Å². The number of nitro groups is 1. The zero-order valence-corrected chi connectivity index (χ0v) is 12.7. The second-order valence-corrected chi connectivity index (χ2v) is 5.08. The molecule has 23 heavy (non-hydrogen) atoms. The molecular formula is C15H18N4O4. The summed E-state index contributed by atoms with van der Waals surface area (Å²) in [5, 5.41) is 27.1. The number of carbonyl (C=O) groups is 1. The number of aliphatic hydroxyl groups excluding tert-OH is 1. The highest BCUT2D eigenvalue weighted by Crippen LogP contribution is 2.16. The van der Waals surface area contributed by atoms with Crippen molar-refractivity contribution in [1.29, 1.82) is 0 Å². The van der Waals surface area contributed by atoms with E-state index in [4.69, 9.17) is 0 Å². The molecule has 122 valence electrons. The first-order valence-electron chi connectivity index (χ1n) is 7.28. The minimum absolute atomic E-state index is 0.0494. The molecule has 1 atom stereocenters. The Balaban J connectivity index is 2.07. The summed E-state index contributed by atoms with van der Waals surface area (Å²) < 4.78 is 1.39. The smallest absolute Gasteiger partial charge is 0.271 e. The third-order valence-corrected chi connectivity index (χ3v) is 3.25. The summed E-state index contributed by atoms with van der Waals surface area (Å²) in [5.41, 5.74) is 0.621. The van der Waals surface area contributed by atoms with E-state index >= 15 is 0 Å². The minimum atomic E-state index is -0.581. The number of carbonyl (C=O) groups excluding carboxylic acids is 1. The maximum atomic E-state index is 12.0. The predicted molar refractivity (Wildman–Crippen MR) is 83.5 cm³/mol. The first-order chi connectivity index (χ1) is 11.0. The molecule has 0 aliphatic rings. The molecule has 1 amide bonds. The Morgan fingerprint density at radius 2 is 2.26 bits per heavy atom. The van der Waals surface area contributed by atoms with Crippen LogP contribution in [0.5, 0.6) is 0 Å². The van der Waals surface area contributed by atoms with Gasteiger partial charge in [0.2, 0.25) is 0 Å². The molecule has 0 aliphatic heterocycles. The lowest BCUT2D eigenvalue weighted by molar-refractivity contribution is -0.384. The van der Waals surface area contributed by atoms with E-state index in [0.29, 0.717) is 12.1 Å². The summed E-state index contributed by atoms with van der Waals surface area (Å²) in [4.78, 5) is 22.3. The molecule has 1 unspecified atom stereocenters. The van der Waals surface area contributed by atoms with Crippen molar-refractivity contribution in [3.8, 4) is 5.69 Å². The van der Waals surface area contributed by atoms with Crippen LogP contribution in [-0.2, 0) is 0 Å². The maximum absolute atomic E-state index is 12.0. The summed E-state index contributed by atoms with van der Waals surface area (Å²) in [7, 11) is 0. The topological polar surface area (TPSA) is 110 Å². The average Bonchev–Trinajstić information content (AvgIpc) is 3.03. The standard InChI is InChI=1S/C15H18N4O4/c1-2-4-13(20)10-16-15(21)14-7-8-18(17-14)11-5-3-6-12(9-11)19(22)23/h3,5-9,13,20H,2,4,10H2,1H3,(H,16,21). The number of amides is 1. The van der Waals surface area contributed by atoms with Gasteiger partial charge in [-0.2, -0.15) is 5.10 Å². The van der Waals surface area contributed by atoms with Gasteiger partial charge in [0.1, 0.15) is 0 Å². The molecule has 1 aromatic heterocycles. The number of benzene rings is 1. The molecule has 0 saturated heterocycles. The summed E-state index contributed by atoms with van der Waals surface area (Å²) in [6.45, 7) is 2.11. The van der Waals surface area contributed by atoms with E-state index in [-0.39, 0.29) is 17.9 Å². The Morgan fingerprint density at radius 1 is 1.48 bits per heavy atom. The quantitative estimate of drug-likeness (QED) is 0.596. The lowest BCUT2D eigenvalue weighted by Crippen LogP contribution is -2.32. The van der Waals surface area contributed by atoms with Crippen LogP contribution >= 0.6 is 0 Å². The Hall–Kier alpha value is -2.74. The minimum Gasteiger partial charge on any atom is -0.391 e. The number of nitrogens with one attached hydrogen (secondary N) is 1. The van der Waals surface area contributed by atoms with Crippen molar-refractivity contribution in [3.63, 3.8) is 0 Å². The molecule has 0 fully saturated rings. The highest BCUT2D eigenvalue weighted by atomic mass is 16.6. The third-order valence-electron chi connectivity index (χ3n) is 3.25. The predicted octanol–water partition coefficient (Wildman–Crippen LogP) is 1.67. The van der Waals surface area contributed by atoms with Crippen molar-refractivity contribution in [1.82, 2.24) is 15.1 Å². The number of hydrogen-bond acceptors (Lipinski definition) is 5. The van der Waals surface area contributed by atoms with Crippen molar-refractivity contribution in [2.45, 2.75) is 25.9 Å². The number of hydrogen-bond donors (Lipinski definition) is 2. The number of rotatable bonds is 7. The summed E-state index contributed by atoms with van der Waals surface area (Å²) >= 11 is 0. The molecule has 2 rings (SSSR count). The van der Waals surface area contributed by atoms with Crippen LogP contribution in [0, 0.1) is 10.1 Å². The van der Waals surface area contributed by atoms with Gasteiger partial charge >= 0.3 is 0 Å². The van der Waals surface area contributed by atoms with Crippen LogP contribution in [0.3, 0.4) is 0 Å². The first-order valence-corrected chi connectivity index (χ1v) is 7.28. The molecule has 0 bridgehead atoms. The van der Waals surface area contributed by atoms with Crippen LogP contribution in [-0.4, -0.2) is 38.4 Å². The number of non-ortho nitro benzene ring substituents is 1. The fourth-order valence-corrected chi connectivity index (χ4v) is 2.07. The lowest BCUT2D eigenvalue weighted by atomic mass is 10.2. The molecule has 2 N–H and O–H groups in total. The monoisotopic (exact) mass is 318 g/mol. The van der Waals surface area contributed by atoms with Crippen LogP contribution in [0.4, 0.5) is 5.69 Å². The number of nitro benzene ring substituents is 1. The summed E-state index contributed by atoms with van der Waals surface area (Å²) in [6, 6.07) is 7.48. The van der Waals surface area contributed by atoms with Gasteiger partial charge in [-0.3, -0.25) is 14.9 Å². The normalized spacial score (nSPS) is 11.9. The molecule has 1 heterocycles. The summed E-state index contributed by atoms with van der Waals surface area (Å²) in [6.07, 6.45) is 2.42. The largest absolute Gasteiger partial charge is 0.391 e. The van der Waals surface area contributed by atoms with Crippen molar-refractivity contribution < 1.29 is 14.8 Å². The highest BCUT2D eigenvalue weighted by Gasteiger charge is 2.13. The molecule has 8 nitrogen and oxygen atoms in total. The van der Waals surface area contributed by atoms with Crippen molar-refractivity contribution >= 4 is 11.6 Å². The van der Waals surface area contributed by atoms with Gasteiger partial charge < -0.3 is 10.4 Å². The SMILES string of the molecule is CCCC(O)CNC(=O)c1ccn(-c2cccc([N+](=O)[O-])c2)n1. The van der Waals surface area contributed by atoms with E-state index in [1.165, 1.54) is 22.9 Å². The van der Waals surface area contributed by atoms with Crippen LogP contribution in [0.25, 0.3) is 5.69 Å². The molecule has 1 aromatic carbocycles. The number of nitrogens with zero attached hydrogens (tertiary/aromatic N) is 3. The van der Waals surface area contributed by atoms with Crippen molar-refractivity contribution in [2.24, 2.45) is 0 Å². The van der Waals surface area contributed by atoms with Gasteiger partial charge in [-0.25, -0.2) is 4.68 Å². The van der Waals surface area contributed by atoms with E-state index in [2.05, 4.69) is 10.4 Å². The molecule has 8 heteroatoms. The van der Waals surface area contributed by atoms with Crippen LogP contribution < -0.4 is 5.32 Å². The fraction of sp³-hybridized carbons (Fsp3) is 0.333. The van der Waals surface area contributed by atoms with Crippen LogP contribution in [0.1, 0.15) is 30.3 Å². The zero-order valence-electron chi connectivity index (χ0n) is 12.7. The van der Waals surface area contributed by atoms with E-state index in [1.807, 2.05) is 6.92 Å². The Kier molecular flexibility index (Phi) is 5.42. The van der Waals surface area contributed by atoms with E-state index in [0.717, 1.165) is 6.42 Å². The van der Waals surface area contributed by atoms with Gasteiger partial charge in [0.05, 0.1) is 16.7 Å². The van der Waals surface area contributed by atoms with E-state index < -0.39 is 16.9 Å². The second kappa shape index (κ2) is 7.50. The molecule has 2 aromatic rings. The maximum Gasteiger partial charge on any atom is 0.271 e.